The van der Waals surface area contributed by atoms with Crippen LogP contribution in [0.5, 0.6) is 5.75 Å². The summed E-state index contributed by atoms with van der Waals surface area (Å²) in [5.41, 5.74) is 0.866. The molecule has 1 aromatic rings. The number of benzene rings is 1. The van der Waals surface area contributed by atoms with Crippen molar-refractivity contribution in [1.82, 2.24) is 0 Å². The molecule has 2 N–H and O–H groups in total. The van der Waals surface area contributed by atoms with Gasteiger partial charge in [0.05, 0.1) is 5.92 Å². The van der Waals surface area contributed by atoms with Crippen LogP contribution in [0.4, 0.5) is 0 Å². The molecule has 0 fully saturated rings. The quantitative estimate of drug-likeness (QED) is 0.594. The zero-order valence-electron chi connectivity index (χ0n) is 9.25. The van der Waals surface area contributed by atoms with E-state index in [0.717, 1.165) is 0 Å². The normalized spacial score (nSPS) is 11.7. The average Bonchev–Trinajstić information content (AvgIpc) is 2.14. The second-order valence-corrected chi connectivity index (χ2v) is 4.63. The summed E-state index contributed by atoms with van der Waals surface area (Å²) in [5.74, 6) is -2.23. The Kier molecular flexibility index (Phi) is 11.6. The van der Waals surface area contributed by atoms with Crippen molar-refractivity contribution in [2.45, 2.75) is 19.8 Å². The summed E-state index contributed by atoms with van der Waals surface area (Å²) >= 11 is 0. The second kappa shape index (κ2) is 9.64. The van der Waals surface area contributed by atoms with Crippen molar-refractivity contribution in [2.24, 2.45) is 0 Å². The van der Waals surface area contributed by atoms with Crippen LogP contribution in [-0.4, -0.2) is 127 Å². The molecule has 0 spiro atoms. The van der Waals surface area contributed by atoms with Gasteiger partial charge in [0.25, 0.3) is 0 Å². The van der Waals surface area contributed by atoms with Crippen LogP contribution in [0.2, 0.25) is 0 Å². The first kappa shape index (κ1) is 22.9. The van der Waals surface area contributed by atoms with Gasteiger partial charge in [-0.05, 0) is 25.5 Å². The molecule has 0 radical (unpaired) electrons. The standard InChI is InChI=1S/C10H12O6S.2K.2H/c1-6-3-4-8(7(2)10(11)12)9(5-6)16-17(13,14)15;;;;/h3-5,7H,1-2H3,(H,11,12)(H,13,14,15);;;;. The van der Waals surface area contributed by atoms with Crippen molar-refractivity contribution in [1.29, 1.82) is 0 Å². The van der Waals surface area contributed by atoms with Gasteiger partial charge in [-0.2, -0.15) is 8.42 Å². The number of aliphatic carboxylic acids is 1. The zero-order valence-corrected chi connectivity index (χ0v) is 10.1. The van der Waals surface area contributed by atoms with Crippen molar-refractivity contribution in [2.75, 3.05) is 0 Å². The van der Waals surface area contributed by atoms with Crippen LogP contribution in [-0.2, 0) is 15.2 Å². The van der Waals surface area contributed by atoms with Crippen LogP contribution >= 0.6 is 0 Å². The van der Waals surface area contributed by atoms with E-state index in [4.69, 9.17) is 9.66 Å². The minimum atomic E-state index is -4.67. The Hall–Kier alpha value is 1.67. The molecule has 19 heavy (non-hydrogen) atoms. The molecule has 1 unspecified atom stereocenters. The van der Waals surface area contributed by atoms with E-state index in [1.807, 2.05) is 0 Å². The van der Waals surface area contributed by atoms with Crippen LogP contribution in [0.15, 0.2) is 18.2 Å². The number of carboxylic acid groups (broad SMARTS) is 1. The van der Waals surface area contributed by atoms with Gasteiger partial charge in [-0.25, -0.2) is 0 Å². The zero-order chi connectivity index (χ0) is 13.2. The topological polar surface area (TPSA) is 101 Å². The molecule has 0 aliphatic carbocycles. The van der Waals surface area contributed by atoms with Gasteiger partial charge in [0, 0.05) is 5.56 Å². The summed E-state index contributed by atoms with van der Waals surface area (Å²) in [4.78, 5) is 10.8. The third-order valence-corrected chi connectivity index (χ3v) is 2.59. The molecule has 0 amide bonds. The van der Waals surface area contributed by atoms with E-state index in [1.165, 1.54) is 19.1 Å². The molecule has 6 nitrogen and oxygen atoms in total. The maximum atomic E-state index is 10.8. The molecule has 1 rings (SSSR count). The predicted molar refractivity (Wildman–Crippen MR) is 73.7 cm³/mol. The van der Waals surface area contributed by atoms with E-state index in [1.54, 1.807) is 13.0 Å². The number of rotatable bonds is 4. The molecule has 98 valence electrons. The van der Waals surface area contributed by atoms with Crippen molar-refractivity contribution >= 4 is 119 Å². The van der Waals surface area contributed by atoms with Crippen molar-refractivity contribution < 1.29 is 27.1 Å². The minimum absolute atomic E-state index is 0. The van der Waals surface area contributed by atoms with Crippen LogP contribution < -0.4 is 4.18 Å². The maximum absolute atomic E-state index is 10.8. The Morgan fingerprint density at radius 2 is 1.84 bits per heavy atom. The van der Waals surface area contributed by atoms with Crippen LogP contribution in [0.25, 0.3) is 0 Å². The molecule has 0 aliphatic heterocycles. The third-order valence-electron chi connectivity index (χ3n) is 2.20. The summed E-state index contributed by atoms with van der Waals surface area (Å²) in [6, 6.07) is 4.43. The van der Waals surface area contributed by atoms with E-state index in [2.05, 4.69) is 4.18 Å². The number of hydrogen-bond donors (Lipinski definition) is 2. The van der Waals surface area contributed by atoms with Crippen molar-refractivity contribution in [3.05, 3.63) is 29.3 Å². The Bertz CT molecular complexity index is 543. The van der Waals surface area contributed by atoms with Gasteiger partial charge in [-0.1, -0.05) is 12.1 Å². The summed E-state index contributed by atoms with van der Waals surface area (Å²) < 4.78 is 34.2. The monoisotopic (exact) mass is 340 g/mol. The Labute approximate surface area is 197 Å². The fourth-order valence-corrected chi connectivity index (χ4v) is 1.69. The molecule has 0 aromatic heterocycles. The molecule has 0 saturated heterocycles. The van der Waals surface area contributed by atoms with Gasteiger partial charge < -0.3 is 9.29 Å². The fourth-order valence-electron chi connectivity index (χ4n) is 1.32. The molecule has 0 bridgehead atoms. The SMILES string of the molecule is Cc1ccc(C(C)C(=O)O)c(OS(=O)(=O)O)c1.[KH].[KH]. The molecular formula is C10H14K2O6S. The first-order valence-corrected chi connectivity index (χ1v) is 6.07. The van der Waals surface area contributed by atoms with Crippen LogP contribution in [0.3, 0.4) is 0 Å². The summed E-state index contributed by atoms with van der Waals surface area (Å²) in [5, 5.41) is 8.86. The number of hydrogen-bond acceptors (Lipinski definition) is 4. The first-order valence-electron chi connectivity index (χ1n) is 4.71. The van der Waals surface area contributed by atoms with Crippen molar-refractivity contribution in [3.8, 4) is 5.75 Å². The Morgan fingerprint density at radius 1 is 1.32 bits per heavy atom. The Balaban J connectivity index is 0. The summed E-state index contributed by atoms with van der Waals surface area (Å²) in [7, 11) is -4.67. The molecule has 1 aromatic carbocycles. The molecule has 0 heterocycles. The number of carboxylic acids is 1. The van der Waals surface area contributed by atoms with Gasteiger partial charge in [-0.15, -0.1) is 0 Å². The third kappa shape index (κ3) is 8.02. The molecule has 9 heteroatoms. The average molecular weight is 340 g/mol. The van der Waals surface area contributed by atoms with Crippen LogP contribution in [0.1, 0.15) is 24.0 Å². The van der Waals surface area contributed by atoms with Gasteiger partial charge in [0.1, 0.15) is 5.75 Å². The van der Waals surface area contributed by atoms with E-state index in [0.29, 0.717) is 5.56 Å². The number of carbonyl (C=O) groups is 1. The predicted octanol–water partition coefficient (Wildman–Crippen LogP) is 0.0677. The van der Waals surface area contributed by atoms with Gasteiger partial charge in [-0.3, -0.25) is 9.35 Å². The first-order chi connectivity index (χ1) is 7.70. The molecular weight excluding hydrogens is 326 g/mol. The molecule has 0 aliphatic rings. The van der Waals surface area contributed by atoms with E-state index < -0.39 is 22.3 Å². The van der Waals surface area contributed by atoms with Gasteiger partial charge in [0.2, 0.25) is 0 Å². The van der Waals surface area contributed by atoms with Crippen LogP contribution in [0, 0.1) is 6.92 Å². The number of aryl methyl sites for hydroxylation is 1. The summed E-state index contributed by atoms with van der Waals surface area (Å²) in [6.07, 6.45) is 0. The Morgan fingerprint density at radius 3 is 2.26 bits per heavy atom. The van der Waals surface area contributed by atoms with Gasteiger partial charge >= 0.3 is 119 Å². The van der Waals surface area contributed by atoms with Gasteiger partial charge in [0.15, 0.2) is 0 Å². The van der Waals surface area contributed by atoms with E-state index in [9.17, 15) is 13.2 Å². The van der Waals surface area contributed by atoms with Crippen molar-refractivity contribution in [3.63, 3.8) is 0 Å². The molecule has 1 atom stereocenters. The molecule has 0 saturated carbocycles. The second-order valence-electron chi connectivity index (χ2n) is 3.61. The summed E-state index contributed by atoms with van der Waals surface area (Å²) in [6.45, 7) is 3.08. The van der Waals surface area contributed by atoms with E-state index in [-0.39, 0.29) is 114 Å². The fraction of sp³-hybridized carbons (Fsp3) is 0.300. The van der Waals surface area contributed by atoms with E-state index >= 15 is 0 Å².